The first-order valence-electron chi connectivity index (χ1n) is 8.85. The third kappa shape index (κ3) is 3.69. The van der Waals surface area contributed by atoms with Crippen molar-refractivity contribution in [1.82, 2.24) is 10.2 Å². The third-order valence-electron chi connectivity index (χ3n) is 5.01. The molecule has 128 valence electrons. The van der Waals surface area contributed by atoms with Gasteiger partial charge in [-0.1, -0.05) is 35.9 Å². The topological polar surface area (TPSA) is 49.4 Å². The van der Waals surface area contributed by atoms with E-state index in [4.69, 9.17) is 0 Å². The minimum atomic E-state index is -0.117. The maximum atomic E-state index is 12.8. The molecule has 2 aliphatic rings. The van der Waals surface area contributed by atoms with Gasteiger partial charge >= 0.3 is 0 Å². The van der Waals surface area contributed by atoms with E-state index in [0.29, 0.717) is 13.1 Å². The van der Waals surface area contributed by atoms with E-state index in [2.05, 4.69) is 37.0 Å². The van der Waals surface area contributed by atoms with E-state index < -0.39 is 0 Å². The van der Waals surface area contributed by atoms with Crippen LogP contribution in [0.5, 0.6) is 0 Å². The number of carbonyl (C=O) groups is 2. The molecule has 0 aromatic heterocycles. The first-order valence-corrected chi connectivity index (χ1v) is 8.85. The lowest BCUT2D eigenvalue weighted by molar-refractivity contribution is -0.140. The molecule has 2 fully saturated rings. The number of hydrogen-bond acceptors (Lipinski definition) is 2. The molecule has 2 amide bonds. The number of piperidine rings is 1. The van der Waals surface area contributed by atoms with Gasteiger partial charge in [0.15, 0.2) is 0 Å². The summed E-state index contributed by atoms with van der Waals surface area (Å²) < 4.78 is 0. The fraction of sp³-hybridized carbons (Fsp3) is 0.500. The average molecular weight is 326 g/mol. The van der Waals surface area contributed by atoms with Crippen LogP contribution in [-0.2, 0) is 9.59 Å². The number of nitrogens with one attached hydrogen (secondary N) is 1. The normalized spacial score (nSPS) is 23.6. The van der Waals surface area contributed by atoms with Crippen molar-refractivity contribution in [2.24, 2.45) is 11.8 Å². The SMILES string of the molecule is C=CCNC(=O)[C@H]1CC[C@H](c2cccc(C)c2)N(C(=O)C2CC2)C1. The zero-order valence-corrected chi connectivity index (χ0v) is 14.3. The van der Waals surface area contributed by atoms with Crippen molar-refractivity contribution in [3.63, 3.8) is 0 Å². The summed E-state index contributed by atoms with van der Waals surface area (Å²) in [5.74, 6) is 0.315. The largest absolute Gasteiger partial charge is 0.352 e. The van der Waals surface area contributed by atoms with Crippen LogP contribution < -0.4 is 5.32 Å². The summed E-state index contributed by atoms with van der Waals surface area (Å²) in [6.07, 6.45) is 5.32. The van der Waals surface area contributed by atoms with E-state index in [-0.39, 0.29) is 29.7 Å². The van der Waals surface area contributed by atoms with Crippen LogP contribution >= 0.6 is 0 Å². The van der Waals surface area contributed by atoms with Gasteiger partial charge in [-0.2, -0.15) is 0 Å². The summed E-state index contributed by atoms with van der Waals surface area (Å²) in [7, 11) is 0. The molecule has 0 bridgehead atoms. The predicted molar refractivity (Wildman–Crippen MR) is 94.3 cm³/mol. The Balaban J connectivity index is 1.78. The fourth-order valence-corrected chi connectivity index (χ4v) is 3.53. The Bertz CT molecular complexity index is 636. The number of rotatable bonds is 5. The Morgan fingerprint density at radius 3 is 2.67 bits per heavy atom. The molecule has 1 aliphatic carbocycles. The highest BCUT2D eigenvalue weighted by molar-refractivity contribution is 5.84. The molecule has 0 spiro atoms. The molecule has 0 unspecified atom stereocenters. The molecule has 1 aliphatic heterocycles. The van der Waals surface area contributed by atoms with Gasteiger partial charge in [0.2, 0.25) is 11.8 Å². The summed E-state index contributed by atoms with van der Waals surface area (Å²) >= 11 is 0. The minimum Gasteiger partial charge on any atom is -0.352 e. The summed E-state index contributed by atoms with van der Waals surface area (Å²) in [6, 6.07) is 8.48. The van der Waals surface area contributed by atoms with E-state index in [1.54, 1.807) is 6.08 Å². The van der Waals surface area contributed by atoms with Crippen LogP contribution in [0.25, 0.3) is 0 Å². The van der Waals surface area contributed by atoms with Crippen LogP contribution in [0.15, 0.2) is 36.9 Å². The van der Waals surface area contributed by atoms with Gasteiger partial charge < -0.3 is 10.2 Å². The summed E-state index contributed by atoms with van der Waals surface area (Å²) in [6.45, 7) is 6.71. The van der Waals surface area contributed by atoms with Crippen LogP contribution in [0.3, 0.4) is 0 Å². The van der Waals surface area contributed by atoms with Crippen molar-refractivity contribution in [2.45, 2.75) is 38.6 Å². The number of benzene rings is 1. The van der Waals surface area contributed by atoms with Gasteiger partial charge in [-0.15, -0.1) is 6.58 Å². The second kappa shape index (κ2) is 7.20. The van der Waals surface area contributed by atoms with Crippen LogP contribution in [0.2, 0.25) is 0 Å². The first kappa shape index (κ1) is 16.7. The fourth-order valence-electron chi connectivity index (χ4n) is 3.53. The second-order valence-corrected chi connectivity index (χ2v) is 7.00. The van der Waals surface area contributed by atoms with E-state index in [0.717, 1.165) is 25.7 Å². The smallest absolute Gasteiger partial charge is 0.226 e. The monoisotopic (exact) mass is 326 g/mol. The average Bonchev–Trinajstić information content (AvgIpc) is 3.43. The molecule has 4 heteroatoms. The number of nitrogens with zero attached hydrogens (tertiary/aromatic N) is 1. The number of likely N-dealkylation sites (tertiary alicyclic amines) is 1. The Hall–Kier alpha value is -2.10. The number of amides is 2. The molecule has 1 aromatic rings. The Morgan fingerprint density at radius 2 is 2.00 bits per heavy atom. The summed E-state index contributed by atoms with van der Waals surface area (Å²) in [5, 5.41) is 2.88. The van der Waals surface area contributed by atoms with E-state index in [1.165, 1.54) is 11.1 Å². The Morgan fingerprint density at radius 1 is 1.25 bits per heavy atom. The quantitative estimate of drug-likeness (QED) is 0.846. The van der Waals surface area contributed by atoms with Gasteiger partial charge in [0.1, 0.15) is 0 Å². The highest BCUT2D eigenvalue weighted by Gasteiger charge is 2.41. The van der Waals surface area contributed by atoms with Crippen LogP contribution in [0.4, 0.5) is 0 Å². The van der Waals surface area contributed by atoms with Crippen LogP contribution in [0.1, 0.15) is 42.9 Å². The van der Waals surface area contributed by atoms with Crippen molar-refractivity contribution in [1.29, 1.82) is 0 Å². The maximum Gasteiger partial charge on any atom is 0.226 e. The van der Waals surface area contributed by atoms with Gasteiger partial charge in [0, 0.05) is 19.0 Å². The Kier molecular flexibility index (Phi) is 5.03. The number of aryl methyl sites for hydroxylation is 1. The summed E-state index contributed by atoms with van der Waals surface area (Å²) in [5.41, 5.74) is 2.39. The molecule has 1 aromatic carbocycles. The van der Waals surface area contributed by atoms with Crippen molar-refractivity contribution < 1.29 is 9.59 Å². The lowest BCUT2D eigenvalue weighted by atomic mass is 9.87. The molecular formula is C20H26N2O2. The first-order chi connectivity index (χ1) is 11.6. The number of carbonyl (C=O) groups excluding carboxylic acids is 2. The Labute approximate surface area is 143 Å². The molecule has 2 atom stereocenters. The van der Waals surface area contributed by atoms with E-state index >= 15 is 0 Å². The highest BCUT2D eigenvalue weighted by atomic mass is 16.2. The third-order valence-corrected chi connectivity index (χ3v) is 5.01. The molecule has 1 heterocycles. The molecule has 3 rings (SSSR count). The molecule has 4 nitrogen and oxygen atoms in total. The van der Waals surface area contributed by atoms with E-state index in [9.17, 15) is 9.59 Å². The molecule has 1 N–H and O–H groups in total. The molecular weight excluding hydrogens is 300 g/mol. The molecule has 0 radical (unpaired) electrons. The standard InChI is InChI=1S/C20H26N2O2/c1-3-11-21-19(23)17-9-10-18(16-6-4-5-14(2)12-16)22(13-17)20(24)15-7-8-15/h3-6,12,15,17-18H,1,7-11,13H2,2H3,(H,21,23)/t17-,18+/m0/s1. The van der Waals surface area contributed by atoms with Crippen molar-refractivity contribution in [3.05, 3.63) is 48.0 Å². The zero-order valence-electron chi connectivity index (χ0n) is 14.3. The van der Waals surface area contributed by atoms with Gasteiger partial charge in [0.25, 0.3) is 0 Å². The second-order valence-electron chi connectivity index (χ2n) is 7.00. The summed E-state index contributed by atoms with van der Waals surface area (Å²) in [4.78, 5) is 27.1. The predicted octanol–water partition coefficient (Wildman–Crippen LogP) is 2.99. The molecule has 1 saturated carbocycles. The maximum absolute atomic E-state index is 12.8. The van der Waals surface area contributed by atoms with E-state index in [1.807, 2.05) is 11.0 Å². The molecule has 1 saturated heterocycles. The van der Waals surface area contributed by atoms with Crippen molar-refractivity contribution in [2.75, 3.05) is 13.1 Å². The van der Waals surface area contributed by atoms with Gasteiger partial charge in [-0.3, -0.25) is 9.59 Å². The zero-order chi connectivity index (χ0) is 17.1. The van der Waals surface area contributed by atoms with Gasteiger partial charge in [-0.25, -0.2) is 0 Å². The van der Waals surface area contributed by atoms with Gasteiger partial charge in [-0.05, 0) is 38.2 Å². The van der Waals surface area contributed by atoms with Gasteiger partial charge in [0.05, 0.1) is 12.0 Å². The minimum absolute atomic E-state index is 0.0335. The lowest BCUT2D eigenvalue weighted by Gasteiger charge is -2.40. The van der Waals surface area contributed by atoms with Crippen molar-refractivity contribution >= 4 is 11.8 Å². The van der Waals surface area contributed by atoms with Crippen LogP contribution in [-0.4, -0.2) is 29.8 Å². The van der Waals surface area contributed by atoms with Crippen molar-refractivity contribution in [3.8, 4) is 0 Å². The number of hydrogen-bond donors (Lipinski definition) is 1. The van der Waals surface area contributed by atoms with Crippen LogP contribution in [0, 0.1) is 18.8 Å². The molecule has 24 heavy (non-hydrogen) atoms. The highest BCUT2D eigenvalue weighted by Crippen LogP contribution is 2.39. The lowest BCUT2D eigenvalue weighted by Crippen LogP contribution is -2.47.